The van der Waals surface area contributed by atoms with Crippen LogP contribution < -0.4 is 16.6 Å². The van der Waals surface area contributed by atoms with E-state index in [9.17, 15) is 14.0 Å². The summed E-state index contributed by atoms with van der Waals surface area (Å²) in [5.41, 5.74) is 5.63. The summed E-state index contributed by atoms with van der Waals surface area (Å²) in [4.78, 5) is 26.9. The molecule has 0 atom stereocenters. The van der Waals surface area contributed by atoms with E-state index in [0.29, 0.717) is 5.69 Å². The summed E-state index contributed by atoms with van der Waals surface area (Å²) in [6.45, 7) is -0.191. The molecular formula is C12H11FN4O2. The minimum atomic E-state index is -0.487. The van der Waals surface area contributed by atoms with Crippen LogP contribution in [0.2, 0.25) is 0 Å². The topological polar surface area (TPSA) is 90.0 Å². The lowest BCUT2D eigenvalue weighted by atomic mass is 10.2. The van der Waals surface area contributed by atoms with E-state index in [0.717, 1.165) is 10.6 Å². The number of nitrogens with one attached hydrogen (secondary N) is 1. The fourth-order valence-corrected chi connectivity index (χ4v) is 1.49. The Morgan fingerprint density at radius 2 is 2.21 bits per heavy atom. The predicted octanol–water partition coefficient (Wildman–Crippen LogP) is 0.603. The molecule has 0 spiro atoms. The number of anilines is 2. The van der Waals surface area contributed by atoms with Crippen molar-refractivity contribution in [3.05, 3.63) is 53.0 Å². The van der Waals surface area contributed by atoms with Crippen LogP contribution in [-0.4, -0.2) is 15.5 Å². The summed E-state index contributed by atoms with van der Waals surface area (Å²) in [5.74, 6) is -0.938. The maximum absolute atomic E-state index is 12.8. The average Bonchev–Trinajstić information content (AvgIpc) is 2.36. The fourth-order valence-electron chi connectivity index (χ4n) is 1.49. The summed E-state index contributed by atoms with van der Waals surface area (Å²) < 4.78 is 14.0. The number of carbonyl (C=O) groups is 1. The standard InChI is InChI=1S/C12H11FN4O2/c13-8-1-2-10(9(14)5-8)16-11(18)6-17-7-15-4-3-12(17)19/h1-5,7H,6,14H2,(H,16,18). The molecule has 0 saturated carbocycles. The largest absolute Gasteiger partial charge is 0.397 e. The maximum atomic E-state index is 12.8. The lowest BCUT2D eigenvalue weighted by Crippen LogP contribution is -2.27. The fraction of sp³-hybridized carbons (Fsp3) is 0.0833. The third kappa shape index (κ3) is 3.15. The van der Waals surface area contributed by atoms with Gasteiger partial charge >= 0.3 is 0 Å². The van der Waals surface area contributed by atoms with Gasteiger partial charge in [0.15, 0.2) is 0 Å². The highest BCUT2D eigenvalue weighted by molar-refractivity contribution is 5.93. The molecule has 2 rings (SSSR count). The quantitative estimate of drug-likeness (QED) is 0.793. The Morgan fingerprint density at radius 1 is 1.42 bits per heavy atom. The molecule has 0 aliphatic heterocycles. The molecule has 3 N–H and O–H groups in total. The molecule has 1 aromatic heterocycles. The first kappa shape index (κ1) is 12.7. The van der Waals surface area contributed by atoms with Gasteiger partial charge in [0.25, 0.3) is 5.56 Å². The van der Waals surface area contributed by atoms with Crippen LogP contribution in [0.4, 0.5) is 15.8 Å². The van der Waals surface area contributed by atoms with E-state index in [-0.39, 0.29) is 17.8 Å². The number of halogens is 1. The van der Waals surface area contributed by atoms with Crippen molar-refractivity contribution in [2.45, 2.75) is 6.54 Å². The Bertz CT molecular complexity index is 669. The summed E-state index contributed by atoms with van der Waals surface area (Å²) in [7, 11) is 0. The van der Waals surface area contributed by atoms with Crippen molar-refractivity contribution >= 4 is 17.3 Å². The number of carbonyl (C=O) groups excluding carboxylic acids is 1. The van der Waals surface area contributed by atoms with Crippen LogP contribution in [0.3, 0.4) is 0 Å². The molecule has 98 valence electrons. The second-order valence-electron chi connectivity index (χ2n) is 3.83. The molecule has 0 unspecified atom stereocenters. The number of amides is 1. The Labute approximate surface area is 107 Å². The zero-order valence-electron chi connectivity index (χ0n) is 9.84. The molecule has 0 bridgehead atoms. The molecule has 1 aromatic carbocycles. The molecule has 19 heavy (non-hydrogen) atoms. The van der Waals surface area contributed by atoms with Crippen molar-refractivity contribution in [2.75, 3.05) is 11.1 Å². The normalized spacial score (nSPS) is 10.2. The van der Waals surface area contributed by atoms with Crippen molar-refractivity contribution in [1.29, 1.82) is 0 Å². The van der Waals surface area contributed by atoms with Gasteiger partial charge in [0.05, 0.1) is 17.7 Å². The number of hydrogen-bond acceptors (Lipinski definition) is 4. The van der Waals surface area contributed by atoms with Crippen LogP contribution in [-0.2, 0) is 11.3 Å². The van der Waals surface area contributed by atoms with Crippen LogP contribution in [0.1, 0.15) is 0 Å². The smallest absolute Gasteiger partial charge is 0.253 e. The molecule has 0 fully saturated rings. The number of rotatable bonds is 3. The van der Waals surface area contributed by atoms with Gasteiger partial charge < -0.3 is 11.1 Å². The second-order valence-corrected chi connectivity index (χ2v) is 3.83. The number of benzene rings is 1. The van der Waals surface area contributed by atoms with Gasteiger partial charge in [-0.15, -0.1) is 0 Å². The van der Waals surface area contributed by atoms with Gasteiger partial charge in [-0.3, -0.25) is 14.2 Å². The van der Waals surface area contributed by atoms with Gasteiger partial charge in [0.2, 0.25) is 5.91 Å². The number of hydrogen-bond donors (Lipinski definition) is 2. The second kappa shape index (κ2) is 5.30. The monoisotopic (exact) mass is 262 g/mol. The first-order valence-electron chi connectivity index (χ1n) is 5.41. The summed E-state index contributed by atoms with van der Waals surface area (Å²) in [6, 6.07) is 4.89. The van der Waals surface area contributed by atoms with Gasteiger partial charge in [-0.2, -0.15) is 0 Å². The van der Waals surface area contributed by atoms with E-state index in [1.807, 2.05) is 0 Å². The molecule has 6 nitrogen and oxygen atoms in total. The molecule has 1 amide bonds. The molecule has 0 radical (unpaired) electrons. The number of aromatic nitrogens is 2. The van der Waals surface area contributed by atoms with Gasteiger partial charge in [-0.1, -0.05) is 0 Å². The van der Waals surface area contributed by atoms with Crippen LogP contribution in [0, 0.1) is 5.82 Å². The minimum Gasteiger partial charge on any atom is -0.397 e. The number of nitrogen functional groups attached to an aromatic ring is 1. The first-order valence-corrected chi connectivity index (χ1v) is 5.41. The van der Waals surface area contributed by atoms with Crippen molar-refractivity contribution in [3.8, 4) is 0 Å². The molecular weight excluding hydrogens is 251 g/mol. The van der Waals surface area contributed by atoms with Crippen molar-refractivity contribution < 1.29 is 9.18 Å². The van der Waals surface area contributed by atoms with Gasteiger partial charge in [-0.05, 0) is 18.2 Å². The number of nitrogens with two attached hydrogens (primary N) is 1. The highest BCUT2D eigenvalue weighted by Gasteiger charge is 2.07. The van der Waals surface area contributed by atoms with E-state index >= 15 is 0 Å². The SMILES string of the molecule is Nc1cc(F)ccc1NC(=O)Cn1cnccc1=O. The van der Waals surface area contributed by atoms with Crippen LogP contribution >= 0.6 is 0 Å². The zero-order valence-corrected chi connectivity index (χ0v) is 9.84. The van der Waals surface area contributed by atoms with E-state index in [2.05, 4.69) is 10.3 Å². The Hall–Kier alpha value is -2.70. The third-order valence-electron chi connectivity index (χ3n) is 2.39. The Morgan fingerprint density at radius 3 is 2.89 bits per heavy atom. The van der Waals surface area contributed by atoms with Crippen LogP contribution in [0.5, 0.6) is 0 Å². The predicted molar refractivity (Wildman–Crippen MR) is 67.9 cm³/mol. The summed E-state index contributed by atoms with van der Waals surface area (Å²) >= 11 is 0. The lowest BCUT2D eigenvalue weighted by molar-refractivity contribution is -0.116. The summed E-state index contributed by atoms with van der Waals surface area (Å²) in [5, 5.41) is 2.50. The molecule has 0 aliphatic carbocycles. The van der Waals surface area contributed by atoms with E-state index in [1.54, 1.807) is 0 Å². The highest BCUT2D eigenvalue weighted by Crippen LogP contribution is 2.18. The van der Waals surface area contributed by atoms with Crippen LogP contribution in [0.25, 0.3) is 0 Å². The average molecular weight is 262 g/mol. The highest BCUT2D eigenvalue weighted by atomic mass is 19.1. The van der Waals surface area contributed by atoms with E-state index in [1.165, 1.54) is 30.7 Å². The van der Waals surface area contributed by atoms with Crippen molar-refractivity contribution in [1.82, 2.24) is 9.55 Å². The lowest BCUT2D eigenvalue weighted by Gasteiger charge is -2.09. The van der Waals surface area contributed by atoms with Gasteiger partial charge in [0.1, 0.15) is 12.4 Å². The van der Waals surface area contributed by atoms with Crippen LogP contribution in [0.15, 0.2) is 41.6 Å². The number of nitrogens with zero attached hydrogens (tertiary/aromatic N) is 2. The van der Waals surface area contributed by atoms with Crippen molar-refractivity contribution in [3.63, 3.8) is 0 Å². The summed E-state index contributed by atoms with van der Waals surface area (Å²) in [6.07, 6.45) is 2.60. The molecule has 0 aliphatic rings. The Balaban J connectivity index is 2.10. The van der Waals surface area contributed by atoms with E-state index in [4.69, 9.17) is 5.73 Å². The first-order chi connectivity index (χ1) is 9.06. The Kier molecular flexibility index (Phi) is 3.56. The minimum absolute atomic E-state index is 0.117. The third-order valence-corrected chi connectivity index (χ3v) is 2.39. The van der Waals surface area contributed by atoms with E-state index < -0.39 is 11.7 Å². The molecule has 1 heterocycles. The van der Waals surface area contributed by atoms with Crippen molar-refractivity contribution in [2.24, 2.45) is 0 Å². The van der Waals surface area contributed by atoms with Gasteiger partial charge in [-0.25, -0.2) is 9.37 Å². The molecule has 0 saturated heterocycles. The molecule has 2 aromatic rings. The maximum Gasteiger partial charge on any atom is 0.253 e. The zero-order chi connectivity index (χ0) is 13.8. The van der Waals surface area contributed by atoms with Gasteiger partial charge in [0, 0.05) is 12.3 Å². The molecule has 7 heteroatoms.